The van der Waals surface area contributed by atoms with E-state index < -0.39 is 0 Å². The van der Waals surface area contributed by atoms with Gasteiger partial charge in [0.1, 0.15) is 11.4 Å². The summed E-state index contributed by atoms with van der Waals surface area (Å²) in [6.07, 6.45) is 28.3. The maximum absolute atomic E-state index is 13.1. The van der Waals surface area contributed by atoms with Crippen molar-refractivity contribution in [1.82, 2.24) is 24.8 Å². The molecule has 1 saturated heterocycles. The molecule has 10 nitrogen and oxygen atoms in total. The highest BCUT2D eigenvalue weighted by atomic mass is 16.5. The average molecular weight is 794 g/mol. The van der Waals surface area contributed by atoms with Gasteiger partial charge in [0.2, 0.25) is 11.9 Å². The number of anilines is 3. The second kappa shape index (κ2) is 19.2. The van der Waals surface area contributed by atoms with Crippen LogP contribution in [0.25, 0.3) is 11.0 Å². The molecule has 4 bridgehead atoms. The van der Waals surface area contributed by atoms with Crippen molar-refractivity contribution in [2.75, 3.05) is 56.6 Å². The summed E-state index contributed by atoms with van der Waals surface area (Å²) < 4.78 is 7.73. The molecule has 316 valence electrons. The number of benzene rings is 1. The number of hydrogen-bond donors (Lipinski definition) is 2. The highest BCUT2D eigenvalue weighted by Crippen LogP contribution is 2.61. The smallest absolute Gasteiger partial charge is 0.252 e. The van der Waals surface area contributed by atoms with Crippen molar-refractivity contribution in [2.45, 2.75) is 148 Å². The first kappa shape index (κ1) is 41.1. The van der Waals surface area contributed by atoms with Gasteiger partial charge >= 0.3 is 0 Å². The predicted octanol–water partition coefficient (Wildman–Crippen LogP) is 9.71. The van der Waals surface area contributed by atoms with Gasteiger partial charge in [-0.15, -0.1) is 0 Å². The number of aryl methyl sites for hydroxylation is 1. The quantitative estimate of drug-likeness (QED) is 0.109. The van der Waals surface area contributed by atoms with Gasteiger partial charge in [-0.25, -0.2) is 4.98 Å². The van der Waals surface area contributed by atoms with Crippen LogP contribution in [0.4, 0.5) is 17.3 Å². The summed E-state index contributed by atoms with van der Waals surface area (Å²) in [7, 11) is 1.71. The Morgan fingerprint density at radius 3 is 2.14 bits per heavy atom. The highest BCUT2D eigenvalue weighted by Gasteiger charge is 2.51. The lowest BCUT2D eigenvalue weighted by Crippen LogP contribution is -2.48. The Morgan fingerprint density at radius 1 is 0.845 bits per heavy atom. The first-order valence-electron chi connectivity index (χ1n) is 23.4. The molecule has 0 unspecified atom stereocenters. The lowest BCUT2D eigenvalue weighted by atomic mass is 9.49. The molecule has 58 heavy (non-hydrogen) atoms. The Bertz CT molecular complexity index is 1860. The normalized spacial score (nSPS) is 24.5. The van der Waals surface area contributed by atoms with E-state index in [1.54, 1.807) is 13.2 Å². The lowest BCUT2D eigenvalue weighted by Gasteiger charge is -2.56. The molecule has 0 radical (unpaired) electrons. The molecule has 0 atom stereocenters. The largest absolute Gasteiger partial charge is 0.494 e. The molecule has 5 aliphatic carbocycles. The molecule has 6 fully saturated rings. The number of unbranched alkanes of at least 4 members (excludes halogenated alkanes) is 9. The van der Waals surface area contributed by atoms with Crippen molar-refractivity contribution in [2.24, 2.45) is 23.2 Å². The van der Waals surface area contributed by atoms with Crippen molar-refractivity contribution >= 4 is 34.3 Å². The van der Waals surface area contributed by atoms with Crippen LogP contribution in [0.15, 0.2) is 35.3 Å². The Hall–Kier alpha value is -3.66. The van der Waals surface area contributed by atoms with Gasteiger partial charge in [0, 0.05) is 74.6 Å². The number of carbonyl (C=O) groups is 1. The van der Waals surface area contributed by atoms with Crippen molar-refractivity contribution in [1.29, 1.82) is 0 Å². The third-order valence-corrected chi connectivity index (χ3v) is 14.8. The number of aromatic nitrogens is 3. The van der Waals surface area contributed by atoms with Crippen LogP contribution in [0.3, 0.4) is 0 Å². The van der Waals surface area contributed by atoms with Gasteiger partial charge in [-0.3, -0.25) is 19.1 Å². The molecule has 0 spiro atoms. The number of fused-ring (bicyclic) bond motifs is 1. The SMILES string of the molecule is COc1cc(N2CCN(CCCCCCCCCCCCNC(=O)CC34CC5CC(CC(C5)C3)C4)CC2)ccc1Nc1ncc2c(C)cc(=O)n(C3CCCC3)c2n1. The van der Waals surface area contributed by atoms with Crippen LogP contribution in [0.2, 0.25) is 0 Å². The van der Waals surface area contributed by atoms with Crippen LogP contribution < -0.4 is 25.8 Å². The highest BCUT2D eigenvalue weighted by molar-refractivity contribution is 5.80. The molecule has 5 saturated carbocycles. The third kappa shape index (κ3) is 10.0. The van der Waals surface area contributed by atoms with E-state index in [2.05, 4.69) is 43.6 Å². The summed E-state index contributed by atoms with van der Waals surface area (Å²) in [6.45, 7) is 8.21. The van der Waals surface area contributed by atoms with E-state index >= 15 is 0 Å². The topological polar surface area (TPSA) is 105 Å². The molecule has 2 N–H and O–H groups in total. The first-order valence-corrected chi connectivity index (χ1v) is 23.4. The zero-order valence-electron chi connectivity index (χ0n) is 35.7. The van der Waals surface area contributed by atoms with Crippen LogP contribution >= 0.6 is 0 Å². The van der Waals surface area contributed by atoms with E-state index in [1.165, 1.54) is 109 Å². The predicted molar refractivity (Wildman–Crippen MR) is 235 cm³/mol. The van der Waals surface area contributed by atoms with E-state index in [0.29, 0.717) is 22.9 Å². The summed E-state index contributed by atoms with van der Waals surface area (Å²) in [5.41, 5.74) is 3.98. The Balaban J connectivity index is 0.674. The molecule has 3 heterocycles. The van der Waals surface area contributed by atoms with Gasteiger partial charge in [0.25, 0.3) is 5.56 Å². The van der Waals surface area contributed by atoms with Gasteiger partial charge < -0.3 is 20.3 Å². The van der Waals surface area contributed by atoms with Crippen molar-refractivity contribution in [3.63, 3.8) is 0 Å². The summed E-state index contributed by atoms with van der Waals surface area (Å²) in [5.74, 6) is 4.33. The van der Waals surface area contributed by atoms with Crippen LogP contribution in [0.5, 0.6) is 5.75 Å². The van der Waals surface area contributed by atoms with Crippen molar-refractivity contribution in [3.05, 3.63) is 46.4 Å². The van der Waals surface area contributed by atoms with Crippen LogP contribution in [0.1, 0.15) is 146 Å². The monoisotopic (exact) mass is 794 g/mol. The second-order valence-corrected chi connectivity index (χ2v) is 19.2. The standard InChI is InChI=1S/C48H71N7O3/c1-35-25-45(57)55(39-15-11-12-16-39)46-41(35)34-50-47(52-46)51-42-18-17-40(29-43(42)58-2)54-23-21-53(22-24-54)20-14-10-8-6-4-3-5-7-9-13-19-49-44(56)33-48-30-36-26-37(31-48)28-38(27-36)32-48/h17-18,25,29,34,36-39H,3-16,19-24,26-28,30-33H2,1-2H3,(H,49,56)(H,50,51,52). The van der Waals surface area contributed by atoms with Crippen LogP contribution in [-0.2, 0) is 4.79 Å². The molecule has 9 rings (SSSR count). The lowest BCUT2D eigenvalue weighted by molar-refractivity contribution is -0.129. The minimum Gasteiger partial charge on any atom is -0.494 e. The van der Waals surface area contributed by atoms with Gasteiger partial charge in [0.15, 0.2) is 0 Å². The van der Waals surface area contributed by atoms with E-state index in [4.69, 9.17) is 9.72 Å². The van der Waals surface area contributed by atoms with Crippen molar-refractivity contribution in [3.8, 4) is 5.75 Å². The van der Waals surface area contributed by atoms with Gasteiger partial charge in [-0.2, -0.15) is 4.98 Å². The maximum Gasteiger partial charge on any atom is 0.252 e. The van der Waals surface area contributed by atoms with Gasteiger partial charge in [0.05, 0.1) is 12.8 Å². The fraction of sp³-hybridized carbons (Fsp3) is 0.708. The van der Waals surface area contributed by atoms with E-state index in [1.807, 2.05) is 17.7 Å². The fourth-order valence-corrected chi connectivity index (χ4v) is 12.2. The average Bonchev–Trinajstić information content (AvgIpc) is 3.74. The third-order valence-electron chi connectivity index (χ3n) is 14.8. The Labute approximate surface area is 347 Å². The number of carbonyl (C=O) groups excluding carboxylic acids is 1. The molecule has 1 aromatic carbocycles. The molecule has 6 aliphatic rings. The molecule has 2 aromatic heterocycles. The Kier molecular flexibility index (Phi) is 13.6. The summed E-state index contributed by atoms with van der Waals surface area (Å²) >= 11 is 0. The van der Waals surface area contributed by atoms with E-state index in [9.17, 15) is 9.59 Å². The molecule has 1 aliphatic heterocycles. The molecule has 10 heteroatoms. The Morgan fingerprint density at radius 2 is 1.48 bits per heavy atom. The number of rotatable bonds is 20. The number of ether oxygens (including phenoxy) is 1. The number of nitrogens with zero attached hydrogens (tertiary/aromatic N) is 5. The second-order valence-electron chi connectivity index (χ2n) is 19.2. The van der Waals surface area contributed by atoms with Crippen molar-refractivity contribution < 1.29 is 9.53 Å². The van der Waals surface area contributed by atoms with Crippen LogP contribution in [-0.4, -0.2) is 71.7 Å². The van der Waals surface area contributed by atoms with E-state index in [0.717, 1.165) is 111 Å². The van der Waals surface area contributed by atoms with Gasteiger partial charge in [-0.05, 0) is 119 Å². The number of nitrogens with one attached hydrogen (secondary N) is 2. The minimum absolute atomic E-state index is 0.0209. The molecule has 1 amide bonds. The number of hydrogen-bond acceptors (Lipinski definition) is 8. The van der Waals surface area contributed by atoms with Crippen LogP contribution in [0, 0.1) is 30.1 Å². The molecular weight excluding hydrogens is 723 g/mol. The molecule has 3 aromatic rings. The number of methoxy groups -OCH3 is 1. The summed E-state index contributed by atoms with van der Waals surface area (Å²) in [6, 6.07) is 8.24. The minimum atomic E-state index is 0.0209. The first-order chi connectivity index (χ1) is 28.3. The molecular formula is C48H71N7O3. The van der Waals surface area contributed by atoms with E-state index in [-0.39, 0.29) is 11.6 Å². The van der Waals surface area contributed by atoms with Gasteiger partial charge in [-0.1, -0.05) is 64.2 Å². The number of piperazine rings is 1. The zero-order chi connectivity index (χ0) is 39.9. The summed E-state index contributed by atoms with van der Waals surface area (Å²) in [5, 5.41) is 7.59. The summed E-state index contributed by atoms with van der Waals surface area (Å²) in [4.78, 5) is 40.4. The zero-order valence-corrected chi connectivity index (χ0v) is 35.7. The number of pyridine rings is 1. The fourth-order valence-electron chi connectivity index (χ4n) is 12.2. The maximum atomic E-state index is 13.1. The number of amides is 1.